The minimum atomic E-state index is -3.54. The normalized spacial score (nSPS) is 12.1. The average Bonchev–Trinajstić information content (AvgIpc) is 2.35. The van der Waals surface area contributed by atoms with E-state index in [2.05, 4.69) is 4.72 Å². The summed E-state index contributed by atoms with van der Waals surface area (Å²) in [6, 6.07) is 6.17. The number of hydrogen-bond acceptors (Lipinski definition) is 3. The number of benzene rings is 1. The highest BCUT2D eigenvalue weighted by molar-refractivity contribution is 7.89. The summed E-state index contributed by atoms with van der Waals surface area (Å²) in [7, 11) is -3.54. The van der Waals surface area contributed by atoms with E-state index < -0.39 is 10.0 Å². The summed E-state index contributed by atoms with van der Waals surface area (Å²) in [6.07, 6.45) is 0. The summed E-state index contributed by atoms with van der Waals surface area (Å²) < 4.78 is 26.6. The van der Waals surface area contributed by atoms with Crippen molar-refractivity contribution >= 4 is 15.8 Å². The Morgan fingerprint density at radius 1 is 1.21 bits per heavy atom. The van der Waals surface area contributed by atoms with Gasteiger partial charge in [-0.05, 0) is 18.1 Å². The Hall–Kier alpha value is -1.20. The first kappa shape index (κ1) is 15.9. The van der Waals surface area contributed by atoms with Gasteiger partial charge in [0, 0.05) is 18.0 Å². The van der Waals surface area contributed by atoms with Gasteiger partial charge in [-0.15, -0.1) is 0 Å². The molecule has 0 atom stereocenters. The topological polar surface area (TPSA) is 63.2 Å². The molecule has 0 spiro atoms. The number of hydrogen-bond donors (Lipinski definition) is 1. The fraction of sp³-hybridized carbons (Fsp3) is 0.500. The maximum atomic E-state index is 12.1. The monoisotopic (exact) mass is 283 g/mol. The summed E-state index contributed by atoms with van der Waals surface area (Å²) in [6.45, 7) is 7.83. The van der Waals surface area contributed by atoms with Gasteiger partial charge in [0.2, 0.25) is 10.0 Å². The van der Waals surface area contributed by atoms with Gasteiger partial charge in [-0.1, -0.05) is 39.8 Å². The molecule has 4 nitrogen and oxygen atoms in total. The minimum absolute atomic E-state index is 0.0547. The Labute approximate surface area is 115 Å². The third-order valence-corrected chi connectivity index (χ3v) is 4.06. The van der Waals surface area contributed by atoms with Crippen LogP contribution in [0.4, 0.5) is 0 Å². The largest absolute Gasteiger partial charge is 0.294 e. The van der Waals surface area contributed by atoms with E-state index in [0.29, 0.717) is 12.1 Å². The Bertz CT molecular complexity index is 548. The van der Waals surface area contributed by atoms with Gasteiger partial charge in [-0.25, -0.2) is 13.1 Å². The molecule has 1 aromatic carbocycles. The van der Waals surface area contributed by atoms with Crippen LogP contribution in [0.3, 0.4) is 0 Å². The lowest BCUT2D eigenvalue weighted by Crippen LogP contribution is -2.27. The molecule has 0 aliphatic rings. The Kier molecular flexibility index (Phi) is 5.26. The molecule has 0 radical (unpaired) electrons. The Morgan fingerprint density at radius 3 is 2.37 bits per heavy atom. The van der Waals surface area contributed by atoms with Crippen molar-refractivity contribution in [2.75, 3.05) is 6.54 Å². The van der Waals surface area contributed by atoms with Crippen LogP contribution in [0.1, 0.15) is 38.1 Å². The van der Waals surface area contributed by atoms with E-state index in [9.17, 15) is 13.2 Å². The van der Waals surface area contributed by atoms with Crippen molar-refractivity contribution in [3.05, 3.63) is 29.8 Å². The van der Waals surface area contributed by atoms with E-state index in [1.54, 1.807) is 26.0 Å². The van der Waals surface area contributed by atoms with E-state index >= 15 is 0 Å². The van der Waals surface area contributed by atoms with Gasteiger partial charge in [0.05, 0.1) is 4.90 Å². The van der Waals surface area contributed by atoms with E-state index in [0.717, 1.165) is 0 Å². The summed E-state index contributed by atoms with van der Waals surface area (Å²) >= 11 is 0. The summed E-state index contributed by atoms with van der Waals surface area (Å²) in [5.74, 6) is 0.0257. The van der Waals surface area contributed by atoms with Gasteiger partial charge in [0.15, 0.2) is 5.78 Å². The number of sulfonamides is 1. The first-order chi connectivity index (χ1) is 8.74. The van der Waals surface area contributed by atoms with Crippen molar-refractivity contribution in [1.82, 2.24) is 4.72 Å². The lowest BCUT2D eigenvalue weighted by Gasteiger charge is -2.10. The van der Waals surface area contributed by atoms with Crippen LogP contribution in [-0.2, 0) is 10.0 Å². The molecule has 0 aliphatic heterocycles. The number of carbonyl (C=O) groups is 1. The number of nitrogens with one attached hydrogen (secondary N) is 1. The van der Waals surface area contributed by atoms with Crippen LogP contribution < -0.4 is 4.72 Å². The maximum Gasteiger partial charge on any atom is 0.240 e. The van der Waals surface area contributed by atoms with Crippen LogP contribution in [0.5, 0.6) is 0 Å². The molecule has 0 amide bonds. The molecule has 1 N–H and O–H groups in total. The second-order valence-corrected chi connectivity index (χ2v) is 7.06. The van der Waals surface area contributed by atoms with Crippen LogP contribution >= 0.6 is 0 Å². The molecule has 1 aromatic rings. The molecule has 0 fully saturated rings. The second-order valence-electron chi connectivity index (χ2n) is 5.29. The molecule has 19 heavy (non-hydrogen) atoms. The lowest BCUT2D eigenvalue weighted by atomic mass is 10.0. The molecule has 0 bridgehead atoms. The van der Waals surface area contributed by atoms with Crippen LogP contribution in [0.25, 0.3) is 0 Å². The van der Waals surface area contributed by atoms with Crippen molar-refractivity contribution in [2.45, 2.75) is 32.6 Å². The molecule has 1 rings (SSSR count). The quantitative estimate of drug-likeness (QED) is 0.816. The fourth-order valence-electron chi connectivity index (χ4n) is 1.51. The molecule has 0 saturated heterocycles. The summed E-state index contributed by atoms with van der Waals surface area (Å²) in [5, 5.41) is 0. The van der Waals surface area contributed by atoms with Gasteiger partial charge in [0.25, 0.3) is 0 Å². The molecule has 106 valence electrons. The predicted molar refractivity (Wildman–Crippen MR) is 75.6 cm³/mol. The van der Waals surface area contributed by atoms with Crippen molar-refractivity contribution in [2.24, 2.45) is 11.8 Å². The lowest BCUT2D eigenvalue weighted by molar-refractivity contribution is 0.0939. The van der Waals surface area contributed by atoms with E-state index in [4.69, 9.17) is 0 Å². The van der Waals surface area contributed by atoms with Gasteiger partial charge in [0.1, 0.15) is 0 Å². The third-order valence-electron chi connectivity index (χ3n) is 2.63. The van der Waals surface area contributed by atoms with Gasteiger partial charge in [-0.3, -0.25) is 4.79 Å². The average molecular weight is 283 g/mol. The highest BCUT2D eigenvalue weighted by atomic mass is 32.2. The number of ketones is 1. The number of Topliss-reactive ketones (excluding diaryl/α,β-unsaturated/α-hetero) is 1. The molecule has 0 aliphatic carbocycles. The van der Waals surface area contributed by atoms with E-state index in [-0.39, 0.29) is 22.5 Å². The fourth-order valence-corrected chi connectivity index (χ4v) is 2.77. The zero-order valence-electron chi connectivity index (χ0n) is 11.8. The molecule has 0 unspecified atom stereocenters. The van der Waals surface area contributed by atoms with Crippen LogP contribution in [0, 0.1) is 11.8 Å². The number of rotatable bonds is 6. The first-order valence-electron chi connectivity index (χ1n) is 6.38. The summed E-state index contributed by atoms with van der Waals surface area (Å²) in [5.41, 5.74) is 0.433. The number of carbonyl (C=O) groups excluding carboxylic acids is 1. The highest BCUT2D eigenvalue weighted by Gasteiger charge is 2.17. The molecule has 5 heteroatoms. The zero-order chi connectivity index (χ0) is 14.6. The molecule has 0 aromatic heterocycles. The first-order valence-corrected chi connectivity index (χ1v) is 7.86. The molecular weight excluding hydrogens is 262 g/mol. The van der Waals surface area contributed by atoms with Crippen LogP contribution in [0.15, 0.2) is 29.2 Å². The van der Waals surface area contributed by atoms with Crippen molar-refractivity contribution in [3.8, 4) is 0 Å². The summed E-state index contributed by atoms with van der Waals surface area (Å²) in [4.78, 5) is 12.0. The van der Waals surface area contributed by atoms with E-state index in [1.807, 2.05) is 13.8 Å². The van der Waals surface area contributed by atoms with Crippen molar-refractivity contribution in [3.63, 3.8) is 0 Å². The third kappa shape index (κ3) is 4.44. The second kappa shape index (κ2) is 6.30. The van der Waals surface area contributed by atoms with Crippen LogP contribution in [0.2, 0.25) is 0 Å². The van der Waals surface area contributed by atoms with Gasteiger partial charge < -0.3 is 0 Å². The highest BCUT2D eigenvalue weighted by Crippen LogP contribution is 2.15. The van der Waals surface area contributed by atoms with Gasteiger partial charge >= 0.3 is 0 Å². The standard InChI is InChI=1S/C14H21NO3S/c1-10(2)9-15-19(17,18)13-7-5-6-12(8-13)14(16)11(3)4/h5-8,10-11,15H,9H2,1-4H3. The van der Waals surface area contributed by atoms with E-state index in [1.165, 1.54) is 12.1 Å². The SMILES string of the molecule is CC(C)CNS(=O)(=O)c1cccc(C(=O)C(C)C)c1. The van der Waals surface area contributed by atoms with Crippen LogP contribution in [-0.4, -0.2) is 20.7 Å². The maximum absolute atomic E-state index is 12.1. The van der Waals surface area contributed by atoms with Gasteiger partial charge in [-0.2, -0.15) is 0 Å². The zero-order valence-corrected chi connectivity index (χ0v) is 12.6. The molecular formula is C14H21NO3S. The van der Waals surface area contributed by atoms with Crippen molar-refractivity contribution < 1.29 is 13.2 Å². The molecule has 0 heterocycles. The smallest absolute Gasteiger partial charge is 0.240 e. The van der Waals surface area contributed by atoms with Crippen molar-refractivity contribution in [1.29, 1.82) is 0 Å². The predicted octanol–water partition coefficient (Wildman–Crippen LogP) is 2.46. The minimum Gasteiger partial charge on any atom is -0.294 e. The Morgan fingerprint density at radius 2 is 1.84 bits per heavy atom. The molecule has 0 saturated carbocycles. The Balaban J connectivity index is 3.02.